The second-order valence-electron chi connectivity index (χ2n) is 11.5. The third-order valence-electron chi connectivity index (χ3n) is 8.46. The predicted molar refractivity (Wildman–Crippen MR) is 143 cm³/mol. The van der Waals surface area contributed by atoms with Crippen molar-refractivity contribution in [3.63, 3.8) is 0 Å². The van der Waals surface area contributed by atoms with Crippen LogP contribution in [0.3, 0.4) is 0 Å². The summed E-state index contributed by atoms with van der Waals surface area (Å²) >= 11 is 0. The topological polar surface area (TPSA) is 18.5 Å². The largest absolute Gasteiger partial charge is 0.422 e. The fourth-order valence-electron chi connectivity index (χ4n) is 6.09. The molecule has 0 radical (unpaired) electrons. The normalized spacial score (nSPS) is 23.8. The van der Waals surface area contributed by atoms with Crippen molar-refractivity contribution >= 4 is 0 Å². The van der Waals surface area contributed by atoms with Gasteiger partial charge in [-0.3, -0.25) is 0 Å². The summed E-state index contributed by atoms with van der Waals surface area (Å²) in [5, 5.41) is 0. The highest BCUT2D eigenvalue weighted by molar-refractivity contribution is 5.31. The molecule has 0 aromatic heterocycles. The van der Waals surface area contributed by atoms with Crippen LogP contribution in [0, 0.1) is 23.4 Å². The van der Waals surface area contributed by atoms with E-state index in [0.717, 1.165) is 12.1 Å². The van der Waals surface area contributed by atoms with Crippen molar-refractivity contribution in [3.8, 4) is 0 Å². The minimum atomic E-state index is -5.19. The lowest BCUT2D eigenvalue weighted by molar-refractivity contribution is -0.311. The SMILES string of the molecule is C/C=C/CCc1ccc(C(F)(F)OC2CCC(C(F)(F)OC3CCC(c4cc(F)c(C(F)(F)F)c(F)c4)CC3)CC2)c(F)c1. The van der Waals surface area contributed by atoms with Gasteiger partial charge in [-0.1, -0.05) is 18.2 Å². The molecule has 0 saturated heterocycles. The maximum atomic E-state index is 15.0. The molecule has 0 aliphatic heterocycles. The Labute approximate surface area is 249 Å². The number of halogens is 10. The minimum Gasteiger partial charge on any atom is -0.317 e. The lowest BCUT2D eigenvalue weighted by atomic mass is 9.82. The van der Waals surface area contributed by atoms with Crippen LogP contribution in [0.1, 0.15) is 92.9 Å². The standard InChI is InChI=1S/C32H34F10O2/c1-2-3-4-5-19-6-15-25(26(33)16-19)32(41,42)44-24-13-9-22(10-14-24)31(39,40)43-23-11-7-20(8-12-23)21-17-27(34)29(28(35)18-21)30(36,37)38/h2-3,6,15-18,20,22-24H,4-5,7-14H2,1H3/b3-2+. The number of alkyl halides is 7. The molecule has 0 amide bonds. The minimum absolute atomic E-state index is 0.0218. The lowest BCUT2D eigenvalue weighted by Gasteiger charge is -2.37. The van der Waals surface area contributed by atoms with E-state index in [9.17, 15) is 35.1 Å². The molecule has 2 saturated carbocycles. The van der Waals surface area contributed by atoms with Crippen LogP contribution in [-0.2, 0) is 28.2 Å². The van der Waals surface area contributed by atoms with E-state index in [2.05, 4.69) is 0 Å². The molecule has 4 rings (SSSR count). The van der Waals surface area contributed by atoms with E-state index in [1.165, 1.54) is 6.07 Å². The van der Waals surface area contributed by atoms with Crippen LogP contribution in [0.25, 0.3) is 0 Å². The fraction of sp³-hybridized carbons (Fsp3) is 0.562. The highest BCUT2D eigenvalue weighted by Gasteiger charge is 2.47. The molecule has 0 N–H and O–H groups in total. The van der Waals surface area contributed by atoms with Crippen molar-refractivity contribution in [1.82, 2.24) is 0 Å². The zero-order valence-electron chi connectivity index (χ0n) is 24.0. The third-order valence-corrected chi connectivity index (χ3v) is 8.46. The molecule has 12 heteroatoms. The Hall–Kier alpha value is -2.60. The summed E-state index contributed by atoms with van der Waals surface area (Å²) in [5.41, 5.74) is -2.31. The second-order valence-corrected chi connectivity index (χ2v) is 11.5. The summed E-state index contributed by atoms with van der Waals surface area (Å²) in [5.74, 6) is -6.35. The monoisotopic (exact) mass is 640 g/mol. The van der Waals surface area contributed by atoms with Gasteiger partial charge in [-0.05, 0) is 112 Å². The van der Waals surface area contributed by atoms with Crippen molar-refractivity contribution in [2.24, 2.45) is 5.92 Å². The van der Waals surface area contributed by atoms with Gasteiger partial charge in [0.15, 0.2) is 0 Å². The van der Waals surface area contributed by atoms with Gasteiger partial charge in [0.25, 0.3) is 0 Å². The van der Waals surface area contributed by atoms with Crippen LogP contribution < -0.4 is 0 Å². The highest BCUT2D eigenvalue weighted by atomic mass is 19.4. The molecule has 2 aliphatic carbocycles. The van der Waals surface area contributed by atoms with Crippen molar-refractivity contribution in [3.05, 3.63) is 82.2 Å². The number of hydrogen-bond donors (Lipinski definition) is 0. The fourth-order valence-corrected chi connectivity index (χ4v) is 6.09. The van der Waals surface area contributed by atoms with Crippen molar-refractivity contribution < 1.29 is 53.4 Å². The van der Waals surface area contributed by atoms with E-state index < -0.39 is 71.0 Å². The zero-order valence-corrected chi connectivity index (χ0v) is 24.0. The summed E-state index contributed by atoms with van der Waals surface area (Å²) in [6, 6.07) is 4.69. The number of benzene rings is 2. The molecule has 44 heavy (non-hydrogen) atoms. The summed E-state index contributed by atoms with van der Waals surface area (Å²) in [6.07, 6.45) is -9.88. The maximum Gasteiger partial charge on any atom is 0.422 e. The second kappa shape index (κ2) is 13.8. The van der Waals surface area contributed by atoms with Gasteiger partial charge in [0.05, 0.1) is 23.7 Å². The molecule has 2 aliphatic rings. The van der Waals surface area contributed by atoms with E-state index in [1.807, 2.05) is 19.1 Å². The quantitative estimate of drug-likeness (QED) is 0.190. The van der Waals surface area contributed by atoms with Crippen LogP contribution in [0.2, 0.25) is 0 Å². The number of rotatable bonds is 10. The molecule has 0 bridgehead atoms. The van der Waals surface area contributed by atoms with Gasteiger partial charge >= 0.3 is 18.4 Å². The third kappa shape index (κ3) is 8.35. The van der Waals surface area contributed by atoms with Gasteiger partial charge in [0, 0.05) is 0 Å². The Bertz CT molecular complexity index is 1270. The van der Waals surface area contributed by atoms with Gasteiger partial charge in [0.1, 0.15) is 23.0 Å². The number of ether oxygens (including phenoxy) is 2. The molecule has 0 unspecified atom stereocenters. The molecule has 244 valence electrons. The average Bonchev–Trinajstić information content (AvgIpc) is 2.92. The molecule has 0 heterocycles. The van der Waals surface area contributed by atoms with Crippen molar-refractivity contribution in [2.45, 2.75) is 108 Å². The molecular formula is C32H34F10O2. The van der Waals surface area contributed by atoms with E-state index in [-0.39, 0.29) is 56.9 Å². The first-order valence-corrected chi connectivity index (χ1v) is 14.7. The van der Waals surface area contributed by atoms with E-state index in [4.69, 9.17) is 9.47 Å². The van der Waals surface area contributed by atoms with Gasteiger partial charge in [-0.15, -0.1) is 0 Å². The molecule has 2 nitrogen and oxygen atoms in total. The zero-order chi connectivity index (χ0) is 32.3. The Morgan fingerprint density at radius 2 is 1.30 bits per heavy atom. The van der Waals surface area contributed by atoms with Crippen LogP contribution in [0.5, 0.6) is 0 Å². The average molecular weight is 641 g/mol. The number of hydrogen-bond acceptors (Lipinski definition) is 2. The van der Waals surface area contributed by atoms with Crippen LogP contribution in [0.4, 0.5) is 43.9 Å². The van der Waals surface area contributed by atoms with Gasteiger partial charge in [-0.25, -0.2) is 13.2 Å². The Morgan fingerprint density at radius 1 is 0.727 bits per heavy atom. The first-order valence-electron chi connectivity index (χ1n) is 14.7. The summed E-state index contributed by atoms with van der Waals surface area (Å²) in [4.78, 5) is 0. The van der Waals surface area contributed by atoms with Gasteiger partial charge in [0.2, 0.25) is 0 Å². The highest BCUT2D eigenvalue weighted by Crippen LogP contribution is 2.45. The Kier molecular flexibility index (Phi) is 10.8. The molecule has 0 atom stereocenters. The van der Waals surface area contributed by atoms with E-state index in [0.29, 0.717) is 30.5 Å². The van der Waals surface area contributed by atoms with Crippen molar-refractivity contribution in [2.75, 3.05) is 0 Å². The number of allylic oxidation sites excluding steroid dienone is 2. The van der Waals surface area contributed by atoms with E-state index >= 15 is 8.78 Å². The Balaban J connectivity index is 1.27. The van der Waals surface area contributed by atoms with Crippen LogP contribution in [0.15, 0.2) is 42.5 Å². The molecule has 2 aromatic carbocycles. The van der Waals surface area contributed by atoms with Crippen LogP contribution in [-0.4, -0.2) is 18.3 Å². The summed E-state index contributed by atoms with van der Waals surface area (Å²) in [7, 11) is 0. The summed E-state index contributed by atoms with van der Waals surface area (Å²) in [6.45, 7) is 1.83. The van der Waals surface area contributed by atoms with Crippen LogP contribution >= 0.6 is 0 Å². The van der Waals surface area contributed by atoms with Gasteiger partial charge in [-0.2, -0.15) is 30.7 Å². The molecule has 2 aromatic rings. The van der Waals surface area contributed by atoms with Gasteiger partial charge < -0.3 is 9.47 Å². The number of aryl methyl sites for hydroxylation is 1. The molecular weight excluding hydrogens is 606 g/mol. The van der Waals surface area contributed by atoms with Crippen molar-refractivity contribution in [1.29, 1.82) is 0 Å². The maximum absolute atomic E-state index is 15.0. The first kappa shape index (κ1) is 34.3. The molecule has 2 fully saturated rings. The van der Waals surface area contributed by atoms with E-state index in [1.54, 1.807) is 0 Å². The smallest absolute Gasteiger partial charge is 0.317 e. The Morgan fingerprint density at radius 3 is 1.84 bits per heavy atom. The first-order chi connectivity index (χ1) is 20.6. The lowest BCUT2D eigenvalue weighted by Crippen LogP contribution is -2.40. The molecule has 0 spiro atoms. The summed E-state index contributed by atoms with van der Waals surface area (Å²) < 4.78 is 151. The predicted octanol–water partition coefficient (Wildman–Crippen LogP) is 10.6.